The van der Waals surface area contributed by atoms with Crippen LogP contribution in [0.1, 0.15) is 13.2 Å². The fraction of sp³-hybridized carbons (Fsp3) is 0.636. The number of H-pyrrole nitrogens is 1. The second-order valence-corrected chi connectivity index (χ2v) is 4.56. The van der Waals surface area contributed by atoms with Gasteiger partial charge in [0.25, 0.3) is 5.56 Å². The molecule has 1 aliphatic heterocycles. The number of aromatic nitrogens is 2. The number of aromatic amines is 1. The molecule has 0 aliphatic carbocycles. The number of rotatable bonds is 3. The van der Waals surface area contributed by atoms with Gasteiger partial charge in [-0.1, -0.05) is 6.92 Å². The first-order valence-electron chi connectivity index (χ1n) is 5.85. The van der Waals surface area contributed by atoms with Gasteiger partial charge < -0.3 is 14.6 Å². The summed E-state index contributed by atoms with van der Waals surface area (Å²) in [5, 5.41) is 9.30. The number of aliphatic hydroxyl groups is 1. The molecule has 7 nitrogen and oxygen atoms in total. The minimum atomic E-state index is -1.73. The van der Waals surface area contributed by atoms with Crippen LogP contribution in [0.15, 0.2) is 15.8 Å². The summed E-state index contributed by atoms with van der Waals surface area (Å²) in [6.07, 6.45) is -2.67. The van der Waals surface area contributed by atoms with Crippen molar-refractivity contribution in [2.75, 3.05) is 13.7 Å². The molecule has 20 heavy (non-hydrogen) atoms. The maximum atomic E-state index is 14.3. The number of nitrogens with zero attached hydrogens (tertiary/aromatic N) is 1. The van der Waals surface area contributed by atoms with Crippen LogP contribution in [0.25, 0.3) is 0 Å². The molecule has 0 bridgehead atoms. The first-order chi connectivity index (χ1) is 9.36. The van der Waals surface area contributed by atoms with Gasteiger partial charge in [-0.2, -0.15) is 4.39 Å². The van der Waals surface area contributed by atoms with Gasteiger partial charge in [0.2, 0.25) is 5.82 Å². The van der Waals surface area contributed by atoms with E-state index in [1.165, 1.54) is 14.0 Å². The first-order valence-corrected chi connectivity index (χ1v) is 5.85. The molecule has 2 heterocycles. The van der Waals surface area contributed by atoms with E-state index in [2.05, 4.69) is 0 Å². The molecule has 0 aromatic carbocycles. The lowest BCUT2D eigenvalue weighted by Crippen LogP contribution is -2.41. The van der Waals surface area contributed by atoms with E-state index in [0.717, 1.165) is 0 Å². The number of alkyl halides is 1. The summed E-state index contributed by atoms with van der Waals surface area (Å²) in [5.74, 6) is -3.77. The zero-order valence-corrected chi connectivity index (χ0v) is 10.8. The molecule has 0 amide bonds. The summed E-state index contributed by atoms with van der Waals surface area (Å²) >= 11 is 0. The van der Waals surface area contributed by atoms with Crippen molar-refractivity contribution in [3.8, 4) is 0 Å². The standard InChI is InChI=1S/C11H14F2N2O5/c1-5-7(13)9(20-11(5,4-16)19-2)15-3-6(12)8(17)14-10(15)18/h3,5,7,9,16H,4H2,1-2H3,(H,14,17,18)/t5-,7-,9+,11+/m0/s1. The largest absolute Gasteiger partial charge is 0.391 e. The molecule has 1 aromatic rings. The zero-order chi connectivity index (χ0) is 15.1. The highest BCUT2D eigenvalue weighted by Crippen LogP contribution is 2.42. The Labute approximate surface area is 111 Å². The van der Waals surface area contributed by atoms with E-state index in [-0.39, 0.29) is 0 Å². The maximum Gasteiger partial charge on any atom is 0.330 e. The lowest BCUT2D eigenvalue weighted by molar-refractivity contribution is -0.257. The molecule has 1 aliphatic rings. The van der Waals surface area contributed by atoms with Gasteiger partial charge in [-0.15, -0.1) is 0 Å². The Balaban J connectivity index is 2.47. The molecule has 112 valence electrons. The van der Waals surface area contributed by atoms with Crippen LogP contribution in [0.2, 0.25) is 0 Å². The number of nitrogens with one attached hydrogen (secondary N) is 1. The fourth-order valence-corrected chi connectivity index (χ4v) is 2.21. The lowest BCUT2D eigenvalue weighted by atomic mass is 9.98. The van der Waals surface area contributed by atoms with E-state index in [9.17, 15) is 23.5 Å². The Bertz CT molecular complexity index is 610. The lowest BCUT2D eigenvalue weighted by Gasteiger charge is -2.28. The molecule has 0 radical (unpaired) electrons. The van der Waals surface area contributed by atoms with Crippen LogP contribution in [-0.4, -0.2) is 40.3 Å². The molecule has 2 rings (SSSR count). The van der Waals surface area contributed by atoms with Crippen LogP contribution in [0.3, 0.4) is 0 Å². The summed E-state index contributed by atoms with van der Waals surface area (Å²) in [5.41, 5.74) is -2.21. The van der Waals surface area contributed by atoms with Crippen LogP contribution in [-0.2, 0) is 9.47 Å². The third kappa shape index (κ3) is 2.07. The predicted molar refractivity (Wildman–Crippen MR) is 62.3 cm³/mol. The third-order valence-corrected chi connectivity index (χ3v) is 3.53. The highest BCUT2D eigenvalue weighted by Gasteiger charge is 2.54. The summed E-state index contributed by atoms with van der Waals surface area (Å²) in [7, 11) is 1.22. The van der Waals surface area contributed by atoms with Crippen LogP contribution >= 0.6 is 0 Å². The summed E-state index contributed by atoms with van der Waals surface area (Å²) < 4.78 is 38.3. The predicted octanol–water partition coefficient (Wildman–Crippen LogP) is -0.486. The number of methoxy groups -OCH3 is 1. The average Bonchev–Trinajstić information content (AvgIpc) is 2.68. The third-order valence-electron chi connectivity index (χ3n) is 3.53. The number of hydrogen-bond acceptors (Lipinski definition) is 5. The number of hydrogen-bond donors (Lipinski definition) is 2. The van der Waals surface area contributed by atoms with Gasteiger partial charge in [0.15, 0.2) is 18.2 Å². The van der Waals surface area contributed by atoms with Gasteiger partial charge >= 0.3 is 5.69 Å². The molecular weight excluding hydrogens is 278 g/mol. The van der Waals surface area contributed by atoms with Crippen molar-refractivity contribution in [3.05, 3.63) is 32.9 Å². The van der Waals surface area contributed by atoms with Crippen molar-refractivity contribution in [1.82, 2.24) is 9.55 Å². The smallest absolute Gasteiger partial charge is 0.330 e. The maximum absolute atomic E-state index is 14.3. The topological polar surface area (TPSA) is 93.5 Å². The van der Waals surface area contributed by atoms with Crippen LogP contribution in [0.5, 0.6) is 0 Å². The number of ether oxygens (including phenoxy) is 2. The molecule has 1 aromatic heterocycles. The van der Waals surface area contributed by atoms with E-state index >= 15 is 0 Å². The summed E-state index contributed by atoms with van der Waals surface area (Å²) in [4.78, 5) is 24.3. The van der Waals surface area contributed by atoms with E-state index in [0.29, 0.717) is 10.8 Å². The number of halogens is 2. The molecule has 1 fully saturated rings. The molecule has 0 spiro atoms. The van der Waals surface area contributed by atoms with Gasteiger partial charge in [-0.25, -0.2) is 9.18 Å². The Hall–Kier alpha value is -1.58. The van der Waals surface area contributed by atoms with E-state index < -0.39 is 47.8 Å². The molecule has 0 saturated carbocycles. The SMILES string of the molecule is CO[C@]1(CO)O[C@@H](n2cc(F)c(=O)[nH]c2=O)[C@@H](F)[C@@H]1C. The van der Waals surface area contributed by atoms with Crippen molar-refractivity contribution >= 4 is 0 Å². The molecular formula is C11H14F2N2O5. The van der Waals surface area contributed by atoms with Gasteiger partial charge in [-0.05, 0) is 0 Å². The van der Waals surface area contributed by atoms with Crippen molar-refractivity contribution in [3.63, 3.8) is 0 Å². The Morgan fingerprint density at radius 2 is 2.25 bits per heavy atom. The molecule has 1 saturated heterocycles. The fourth-order valence-electron chi connectivity index (χ4n) is 2.21. The van der Waals surface area contributed by atoms with Gasteiger partial charge in [0, 0.05) is 13.0 Å². The zero-order valence-electron chi connectivity index (χ0n) is 10.8. The van der Waals surface area contributed by atoms with Crippen molar-refractivity contribution < 1.29 is 23.4 Å². The second-order valence-electron chi connectivity index (χ2n) is 4.56. The normalized spacial score (nSPS) is 33.5. The quantitative estimate of drug-likeness (QED) is 0.784. The average molecular weight is 292 g/mol. The Morgan fingerprint density at radius 3 is 2.75 bits per heavy atom. The Morgan fingerprint density at radius 1 is 1.60 bits per heavy atom. The van der Waals surface area contributed by atoms with Crippen molar-refractivity contribution in [1.29, 1.82) is 0 Å². The summed E-state index contributed by atoms with van der Waals surface area (Å²) in [6, 6.07) is 0. The van der Waals surface area contributed by atoms with Crippen molar-refractivity contribution in [2.45, 2.75) is 25.1 Å². The number of aliphatic hydroxyl groups excluding tert-OH is 1. The minimum absolute atomic E-state index is 0.564. The molecule has 0 unspecified atom stereocenters. The molecule has 9 heteroatoms. The highest BCUT2D eigenvalue weighted by molar-refractivity contribution is 4.96. The molecule has 2 N–H and O–H groups in total. The Kier molecular flexibility index (Phi) is 3.76. The van der Waals surface area contributed by atoms with E-state index in [1.807, 2.05) is 0 Å². The first kappa shape index (κ1) is 14.8. The van der Waals surface area contributed by atoms with Crippen LogP contribution in [0.4, 0.5) is 8.78 Å². The van der Waals surface area contributed by atoms with E-state index in [4.69, 9.17) is 9.47 Å². The van der Waals surface area contributed by atoms with Crippen molar-refractivity contribution in [2.24, 2.45) is 5.92 Å². The van der Waals surface area contributed by atoms with Crippen LogP contribution in [0, 0.1) is 11.7 Å². The van der Waals surface area contributed by atoms with E-state index in [1.54, 1.807) is 4.98 Å². The summed E-state index contributed by atoms with van der Waals surface area (Å²) in [6.45, 7) is 0.791. The second kappa shape index (κ2) is 5.08. The van der Waals surface area contributed by atoms with Crippen LogP contribution < -0.4 is 11.2 Å². The monoisotopic (exact) mass is 292 g/mol. The molecule has 4 atom stereocenters. The highest BCUT2D eigenvalue weighted by atomic mass is 19.1. The van der Waals surface area contributed by atoms with Gasteiger partial charge in [0.1, 0.15) is 0 Å². The minimum Gasteiger partial charge on any atom is -0.391 e. The van der Waals surface area contributed by atoms with Gasteiger partial charge in [0.05, 0.1) is 12.8 Å². The van der Waals surface area contributed by atoms with Gasteiger partial charge in [-0.3, -0.25) is 14.3 Å².